The molecule has 1 fully saturated rings. The van der Waals surface area contributed by atoms with Gasteiger partial charge in [0.05, 0.1) is 5.01 Å². The molecule has 1 aromatic rings. The van der Waals surface area contributed by atoms with E-state index in [0.29, 0.717) is 10.8 Å². The van der Waals surface area contributed by atoms with Crippen LogP contribution < -0.4 is 0 Å². The molecule has 0 unspecified atom stereocenters. The van der Waals surface area contributed by atoms with Gasteiger partial charge in [0, 0.05) is 21.9 Å². The zero-order chi connectivity index (χ0) is 11.5. The fourth-order valence-electron chi connectivity index (χ4n) is 1.20. The number of azide groups is 1. The molecule has 1 aromatic heterocycles. The first kappa shape index (κ1) is 10.7. The Hall–Kier alpha value is -1.85. The second-order valence-corrected chi connectivity index (χ2v) is 4.49. The van der Waals surface area contributed by atoms with Gasteiger partial charge >= 0.3 is 5.97 Å². The van der Waals surface area contributed by atoms with Crippen LogP contribution in [0.3, 0.4) is 0 Å². The molecule has 0 saturated heterocycles. The van der Waals surface area contributed by atoms with Gasteiger partial charge in [-0.15, -0.1) is 11.3 Å². The van der Waals surface area contributed by atoms with Crippen LogP contribution in [-0.4, -0.2) is 16.1 Å². The molecule has 82 valence electrons. The molecule has 0 radical (unpaired) electrons. The van der Waals surface area contributed by atoms with Crippen LogP contribution in [0.5, 0.6) is 0 Å². The molecule has 1 N–H and O–H groups in total. The minimum absolute atomic E-state index is 0.312. The number of rotatable bonds is 4. The summed E-state index contributed by atoms with van der Waals surface area (Å²) in [4.78, 5) is 18.1. The predicted octanol–water partition coefficient (Wildman–Crippen LogP) is 2.76. The minimum Gasteiger partial charge on any atom is -0.478 e. The van der Waals surface area contributed by atoms with E-state index < -0.39 is 5.97 Å². The third-order valence-corrected chi connectivity index (χ3v) is 3.23. The predicted molar refractivity (Wildman–Crippen MR) is 58.8 cm³/mol. The molecule has 2 rings (SSSR count). The molecule has 0 aliphatic heterocycles. The summed E-state index contributed by atoms with van der Waals surface area (Å²) in [6.45, 7) is 0. The van der Waals surface area contributed by atoms with E-state index in [2.05, 4.69) is 15.0 Å². The summed E-state index contributed by atoms with van der Waals surface area (Å²) in [5.74, 6) is -0.695. The van der Waals surface area contributed by atoms with Gasteiger partial charge in [-0.1, -0.05) is 5.11 Å². The largest absolute Gasteiger partial charge is 0.478 e. The summed E-state index contributed by atoms with van der Waals surface area (Å²) in [7, 11) is 0. The topological polar surface area (TPSA) is 99.0 Å². The summed E-state index contributed by atoms with van der Waals surface area (Å²) >= 11 is 1.44. The van der Waals surface area contributed by atoms with Crippen LogP contribution in [0.15, 0.2) is 17.0 Å². The van der Waals surface area contributed by atoms with Crippen molar-refractivity contribution in [2.75, 3.05) is 0 Å². The van der Waals surface area contributed by atoms with Crippen molar-refractivity contribution in [2.45, 2.75) is 18.8 Å². The molecule has 0 spiro atoms. The molecular weight excluding hydrogens is 228 g/mol. The molecule has 0 aromatic carbocycles. The normalized spacial score (nSPS) is 15.6. The van der Waals surface area contributed by atoms with Crippen molar-refractivity contribution in [3.63, 3.8) is 0 Å². The highest BCUT2D eigenvalue weighted by molar-refractivity contribution is 7.12. The number of carboxylic acids is 1. The number of nitrogens with zero attached hydrogens (tertiary/aromatic N) is 4. The SMILES string of the molecule is [N-]=[N+]=NC(=Cc1cnc(C2CC2)s1)C(=O)O. The van der Waals surface area contributed by atoms with Gasteiger partial charge in [0.1, 0.15) is 5.70 Å². The Bertz CT molecular complexity index is 493. The lowest BCUT2D eigenvalue weighted by atomic mass is 10.4. The van der Waals surface area contributed by atoms with Crippen molar-refractivity contribution in [3.05, 3.63) is 32.2 Å². The molecule has 0 atom stereocenters. The van der Waals surface area contributed by atoms with Gasteiger partial charge < -0.3 is 5.11 Å². The molecule has 1 aliphatic rings. The third kappa shape index (κ3) is 2.39. The summed E-state index contributed by atoms with van der Waals surface area (Å²) < 4.78 is 0. The maximum atomic E-state index is 10.7. The van der Waals surface area contributed by atoms with Gasteiger partial charge in [-0.25, -0.2) is 9.78 Å². The average Bonchev–Trinajstić information content (AvgIpc) is 2.99. The van der Waals surface area contributed by atoms with E-state index in [1.807, 2.05) is 0 Å². The zero-order valence-corrected chi connectivity index (χ0v) is 9.02. The number of aromatic nitrogens is 1. The van der Waals surface area contributed by atoms with Crippen molar-refractivity contribution in [1.82, 2.24) is 4.98 Å². The molecule has 16 heavy (non-hydrogen) atoms. The summed E-state index contributed by atoms with van der Waals surface area (Å²) in [6.07, 6.45) is 5.25. The molecule has 1 aliphatic carbocycles. The first-order valence-corrected chi connectivity index (χ1v) is 5.48. The summed E-state index contributed by atoms with van der Waals surface area (Å²) in [5.41, 5.74) is 7.90. The Labute approximate surface area is 94.9 Å². The number of aliphatic carboxylic acids is 1. The summed E-state index contributed by atoms with van der Waals surface area (Å²) in [5, 5.41) is 12.9. The van der Waals surface area contributed by atoms with E-state index in [9.17, 15) is 4.79 Å². The van der Waals surface area contributed by atoms with E-state index in [-0.39, 0.29) is 5.70 Å². The van der Waals surface area contributed by atoms with Crippen molar-refractivity contribution < 1.29 is 9.90 Å². The van der Waals surface area contributed by atoms with E-state index in [1.165, 1.54) is 17.4 Å². The lowest BCUT2D eigenvalue weighted by Crippen LogP contribution is -1.95. The molecule has 0 amide bonds. The molecule has 6 nitrogen and oxygen atoms in total. The second-order valence-electron chi connectivity index (χ2n) is 3.40. The van der Waals surface area contributed by atoms with Crippen LogP contribution in [0, 0.1) is 0 Å². The molecule has 0 bridgehead atoms. The Morgan fingerprint density at radius 1 is 1.75 bits per heavy atom. The highest BCUT2D eigenvalue weighted by Gasteiger charge is 2.26. The smallest absolute Gasteiger partial charge is 0.338 e. The number of carbonyl (C=O) groups is 1. The van der Waals surface area contributed by atoms with Crippen LogP contribution in [0.4, 0.5) is 0 Å². The fourth-order valence-corrected chi connectivity index (χ4v) is 2.23. The molecular formula is C9H8N4O2S. The highest BCUT2D eigenvalue weighted by atomic mass is 32.1. The monoisotopic (exact) mass is 236 g/mol. The lowest BCUT2D eigenvalue weighted by Gasteiger charge is -1.89. The van der Waals surface area contributed by atoms with Gasteiger partial charge in [-0.2, -0.15) is 0 Å². The summed E-state index contributed by atoms with van der Waals surface area (Å²) in [6, 6.07) is 0. The van der Waals surface area contributed by atoms with E-state index in [4.69, 9.17) is 10.6 Å². The fraction of sp³-hybridized carbons (Fsp3) is 0.333. The van der Waals surface area contributed by atoms with Crippen LogP contribution >= 0.6 is 11.3 Å². The average molecular weight is 236 g/mol. The van der Waals surface area contributed by atoms with Gasteiger partial charge in [0.25, 0.3) is 0 Å². The van der Waals surface area contributed by atoms with Gasteiger partial charge in [-0.05, 0) is 24.4 Å². The Kier molecular flexibility index (Phi) is 2.89. The van der Waals surface area contributed by atoms with Crippen molar-refractivity contribution >= 4 is 23.4 Å². The third-order valence-electron chi connectivity index (χ3n) is 2.12. The van der Waals surface area contributed by atoms with Crippen LogP contribution in [0.1, 0.15) is 28.6 Å². The molecule has 1 heterocycles. The maximum Gasteiger partial charge on any atom is 0.338 e. The van der Waals surface area contributed by atoms with Gasteiger partial charge in [-0.3, -0.25) is 0 Å². The molecule has 7 heteroatoms. The first-order valence-electron chi connectivity index (χ1n) is 4.66. The number of carboxylic acid groups (broad SMARTS) is 1. The Morgan fingerprint density at radius 3 is 3.06 bits per heavy atom. The number of hydrogen-bond donors (Lipinski definition) is 1. The number of thiazole rings is 1. The van der Waals surface area contributed by atoms with Crippen molar-refractivity contribution in [2.24, 2.45) is 5.11 Å². The zero-order valence-electron chi connectivity index (χ0n) is 8.20. The first-order chi connectivity index (χ1) is 7.70. The minimum atomic E-state index is -1.24. The molecule has 1 saturated carbocycles. The van der Waals surface area contributed by atoms with Crippen molar-refractivity contribution in [1.29, 1.82) is 0 Å². The van der Waals surface area contributed by atoms with Crippen molar-refractivity contribution in [3.8, 4) is 0 Å². The van der Waals surface area contributed by atoms with Crippen LogP contribution in [0.25, 0.3) is 16.5 Å². The van der Waals surface area contributed by atoms with Gasteiger partial charge in [0.15, 0.2) is 0 Å². The Morgan fingerprint density at radius 2 is 2.50 bits per heavy atom. The second kappa shape index (κ2) is 4.34. The lowest BCUT2D eigenvalue weighted by molar-refractivity contribution is -0.132. The number of hydrogen-bond acceptors (Lipinski definition) is 4. The van der Waals surface area contributed by atoms with E-state index >= 15 is 0 Å². The Balaban J connectivity index is 2.24. The highest BCUT2D eigenvalue weighted by Crippen LogP contribution is 2.42. The maximum absolute atomic E-state index is 10.7. The standard InChI is InChI=1S/C9H8N4O2S/c10-13-12-7(9(14)15)3-6-4-11-8(16-6)5-1-2-5/h3-5H,1-2H2,(H,14,15). The van der Waals surface area contributed by atoms with Crippen LogP contribution in [-0.2, 0) is 4.79 Å². The quantitative estimate of drug-likeness (QED) is 0.376. The van der Waals surface area contributed by atoms with E-state index in [1.54, 1.807) is 6.20 Å². The van der Waals surface area contributed by atoms with Crippen LogP contribution in [0.2, 0.25) is 0 Å². The van der Waals surface area contributed by atoms with E-state index in [0.717, 1.165) is 17.8 Å². The van der Waals surface area contributed by atoms with Gasteiger partial charge in [0.2, 0.25) is 0 Å².